The Morgan fingerprint density at radius 1 is 1.10 bits per heavy atom. The molecule has 0 aliphatic rings. The first-order valence-corrected chi connectivity index (χ1v) is 7.30. The number of rotatable bonds is 11. The van der Waals surface area contributed by atoms with E-state index in [0.717, 1.165) is 0 Å². The van der Waals surface area contributed by atoms with E-state index in [9.17, 15) is 0 Å². The van der Waals surface area contributed by atoms with Crippen LogP contribution in [0, 0.1) is 0 Å². The Bertz CT molecular complexity index is 445. The van der Waals surface area contributed by atoms with Gasteiger partial charge in [0, 0.05) is 12.1 Å². The summed E-state index contributed by atoms with van der Waals surface area (Å²) in [6.07, 6.45) is 0. The molecule has 0 heterocycles. The summed E-state index contributed by atoms with van der Waals surface area (Å²) in [7, 11) is 1.63. The van der Waals surface area contributed by atoms with Crippen molar-refractivity contribution in [2.24, 2.45) is 5.73 Å². The highest BCUT2D eigenvalue weighted by molar-refractivity contribution is 7.80. The Kier molecular flexibility index (Phi) is 9.29. The molecule has 0 atom stereocenters. The lowest BCUT2D eigenvalue weighted by Gasteiger charge is -2.11. The van der Waals surface area contributed by atoms with Gasteiger partial charge < -0.3 is 24.7 Å². The number of thiocarbonyl (C=S) groups is 1. The van der Waals surface area contributed by atoms with Crippen molar-refractivity contribution in [2.45, 2.75) is 0 Å². The molecule has 0 aliphatic carbocycles. The second kappa shape index (κ2) is 10.8. The first kappa shape index (κ1) is 18.1. The molecule has 0 saturated carbocycles. The Morgan fingerprint density at radius 2 is 1.71 bits per heavy atom. The number of methoxy groups -OCH3 is 1. The highest BCUT2D eigenvalue weighted by Crippen LogP contribution is 2.22. The normalized spacial score (nSPS) is 10.6. The minimum atomic E-state index is 0.250. The zero-order valence-corrected chi connectivity index (χ0v) is 13.5. The lowest BCUT2D eigenvalue weighted by atomic mass is 10.2. The molecule has 0 unspecified atom stereocenters. The van der Waals surface area contributed by atoms with Crippen LogP contribution in [0.15, 0.2) is 18.2 Å². The van der Waals surface area contributed by atoms with Gasteiger partial charge in [-0.05, 0) is 18.2 Å². The number of hydrogen-bond donors (Lipinski definition) is 1. The Labute approximate surface area is 135 Å². The van der Waals surface area contributed by atoms with Crippen LogP contribution in [-0.4, -0.2) is 51.7 Å². The van der Waals surface area contributed by atoms with Gasteiger partial charge in [-0.1, -0.05) is 23.8 Å². The predicted octanol–water partition coefficient (Wildman–Crippen LogP) is 2.03. The number of hydrogen-bond acceptors (Lipinski definition) is 5. The summed E-state index contributed by atoms with van der Waals surface area (Å²) < 4.78 is 21.1. The van der Waals surface area contributed by atoms with Crippen molar-refractivity contribution in [1.82, 2.24) is 0 Å². The fraction of sp³-hybridized carbons (Fsp3) is 0.500. The van der Waals surface area contributed by atoms with Crippen molar-refractivity contribution in [3.8, 4) is 5.75 Å². The van der Waals surface area contributed by atoms with Crippen LogP contribution >= 0.6 is 23.8 Å². The lowest BCUT2D eigenvalue weighted by Crippen LogP contribution is -2.15. The van der Waals surface area contributed by atoms with Crippen molar-refractivity contribution in [3.63, 3.8) is 0 Å². The summed E-state index contributed by atoms with van der Waals surface area (Å²) in [5.41, 5.74) is 6.25. The summed E-state index contributed by atoms with van der Waals surface area (Å²) in [5, 5.41) is 0.564. The van der Waals surface area contributed by atoms with Gasteiger partial charge in [-0.15, -0.1) is 0 Å². The van der Waals surface area contributed by atoms with Crippen molar-refractivity contribution < 1.29 is 18.9 Å². The van der Waals surface area contributed by atoms with Crippen molar-refractivity contribution >= 4 is 28.8 Å². The smallest absolute Gasteiger partial charge is 0.129 e. The molecule has 0 fully saturated rings. The molecule has 21 heavy (non-hydrogen) atoms. The van der Waals surface area contributed by atoms with Crippen LogP contribution in [0.25, 0.3) is 0 Å². The Hall–Kier alpha value is -0.920. The monoisotopic (exact) mass is 333 g/mol. The fourth-order valence-electron chi connectivity index (χ4n) is 1.50. The van der Waals surface area contributed by atoms with Gasteiger partial charge in [-0.3, -0.25) is 0 Å². The average molecular weight is 334 g/mol. The molecular formula is C14H20ClNO4S. The van der Waals surface area contributed by atoms with E-state index in [-0.39, 0.29) is 4.99 Å². The maximum absolute atomic E-state index is 5.90. The van der Waals surface area contributed by atoms with E-state index in [2.05, 4.69) is 0 Å². The number of halogens is 1. The second-order valence-corrected chi connectivity index (χ2v) is 4.95. The standard InChI is InChI=1S/C14H20ClNO4S/c1-17-4-5-18-6-7-19-8-9-20-13-3-2-11(15)10-12(13)14(16)21/h2-3,10H,4-9H2,1H3,(H2,16,21). The van der Waals surface area contributed by atoms with Gasteiger partial charge in [-0.2, -0.15) is 0 Å². The van der Waals surface area contributed by atoms with Gasteiger partial charge in [-0.25, -0.2) is 0 Å². The van der Waals surface area contributed by atoms with E-state index >= 15 is 0 Å². The summed E-state index contributed by atoms with van der Waals surface area (Å²) in [6, 6.07) is 5.15. The molecule has 2 N–H and O–H groups in total. The van der Waals surface area contributed by atoms with Crippen molar-refractivity contribution in [2.75, 3.05) is 46.8 Å². The third-order valence-electron chi connectivity index (χ3n) is 2.50. The largest absolute Gasteiger partial charge is 0.490 e. The van der Waals surface area contributed by atoms with Gasteiger partial charge in [0.05, 0.1) is 38.6 Å². The van der Waals surface area contributed by atoms with E-state index in [0.29, 0.717) is 56.0 Å². The first-order chi connectivity index (χ1) is 10.1. The van der Waals surface area contributed by atoms with Crippen LogP contribution < -0.4 is 10.5 Å². The topological polar surface area (TPSA) is 62.9 Å². The minimum absolute atomic E-state index is 0.250. The number of benzene rings is 1. The molecule has 1 aromatic rings. The minimum Gasteiger partial charge on any atom is -0.490 e. The van der Waals surface area contributed by atoms with E-state index in [1.54, 1.807) is 25.3 Å². The average Bonchev–Trinajstić information content (AvgIpc) is 2.46. The molecule has 1 aromatic carbocycles. The third kappa shape index (κ3) is 7.59. The van der Waals surface area contributed by atoms with Gasteiger partial charge >= 0.3 is 0 Å². The van der Waals surface area contributed by atoms with Crippen LogP contribution in [0.3, 0.4) is 0 Å². The summed E-state index contributed by atoms with van der Waals surface area (Å²) in [5.74, 6) is 0.604. The summed E-state index contributed by atoms with van der Waals surface area (Å²) >= 11 is 10.9. The number of ether oxygens (including phenoxy) is 4. The Morgan fingerprint density at radius 3 is 2.33 bits per heavy atom. The molecule has 0 aliphatic heterocycles. The Balaban J connectivity index is 2.20. The van der Waals surface area contributed by atoms with Crippen LogP contribution in [0.5, 0.6) is 5.75 Å². The lowest BCUT2D eigenvalue weighted by molar-refractivity contribution is 0.0179. The highest BCUT2D eigenvalue weighted by atomic mass is 35.5. The molecule has 7 heteroatoms. The second-order valence-electron chi connectivity index (χ2n) is 4.07. The highest BCUT2D eigenvalue weighted by Gasteiger charge is 2.07. The van der Waals surface area contributed by atoms with Crippen LogP contribution in [0.2, 0.25) is 5.02 Å². The predicted molar refractivity (Wildman–Crippen MR) is 86.3 cm³/mol. The van der Waals surface area contributed by atoms with Gasteiger partial charge in [0.25, 0.3) is 0 Å². The molecule has 1 rings (SSSR count). The molecule has 118 valence electrons. The quantitative estimate of drug-likeness (QED) is 0.494. The summed E-state index contributed by atoms with van der Waals surface area (Å²) in [4.78, 5) is 0.250. The van der Waals surface area contributed by atoms with Gasteiger partial charge in [0.2, 0.25) is 0 Å². The van der Waals surface area contributed by atoms with Crippen LogP contribution in [0.1, 0.15) is 5.56 Å². The molecule has 5 nitrogen and oxygen atoms in total. The third-order valence-corrected chi connectivity index (χ3v) is 2.95. The maximum atomic E-state index is 5.90. The van der Waals surface area contributed by atoms with Crippen LogP contribution in [-0.2, 0) is 14.2 Å². The van der Waals surface area contributed by atoms with E-state index in [1.807, 2.05) is 0 Å². The van der Waals surface area contributed by atoms with Gasteiger partial charge in [0.15, 0.2) is 0 Å². The SMILES string of the molecule is COCCOCCOCCOc1ccc(Cl)cc1C(N)=S. The molecular weight excluding hydrogens is 314 g/mol. The zero-order chi connectivity index (χ0) is 15.5. The molecule has 0 radical (unpaired) electrons. The number of nitrogens with two attached hydrogens (primary N) is 1. The molecule has 0 saturated heterocycles. The maximum Gasteiger partial charge on any atom is 0.129 e. The molecule has 0 aromatic heterocycles. The van der Waals surface area contributed by atoms with E-state index in [1.165, 1.54) is 0 Å². The van der Waals surface area contributed by atoms with Crippen molar-refractivity contribution in [3.05, 3.63) is 28.8 Å². The van der Waals surface area contributed by atoms with Crippen molar-refractivity contribution in [1.29, 1.82) is 0 Å². The van der Waals surface area contributed by atoms with Crippen LogP contribution in [0.4, 0.5) is 0 Å². The van der Waals surface area contributed by atoms with E-state index < -0.39 is 0 Å². The van der Waals surface area contributed by atoms with Gasteiger partial charge in [0.1, 0.15) is 17.3 Å². The fourth-order valence-corrected chi connectivity index (χ4v) is 1.83. The van der Waals surface area contributed by atoms with E-state index in [4.69, 9.17) is 48.5 Å². The zero-order valence-electron chi connectivity index (χ0n) is 12.0. The molecule has 0 bridgehead atoms. The molecule has 0 amide bonds. The molecule has 0 spiro atoms. The first-order valence-electron chi connectivity index (χ1n) is 6.51. The summed E-state index contributed by atoms with van der Waals surface area (Å²) in [6.45, 7) is 3.04.